The highest BCUT2D eigenvalue weighted by molar-refractivity contribution is 7.99. The van der Waals surface area contributed by atoms with Crippen LogP contribution in [0.25, 0.3) is 5.69 Å². The highest BCUT2D eigenvalue weighted by Crippen LogP contribution is 2.23. The first-order valence-electron chi connectivity index (χ1n) is 6.86. The van der Waals surface area contributed by atoms with Crippen LogP contribution in [0.15, 0.2) is 29.4 Å². The second-order valence-electron chi connectivity index (χ2n) is 4.62. The van der Waals surface area contributed by atoms with Crippen molar-refractivity contribution in [3.8, 4) is 5.69 Å². The molecule has 1 heterocycles. The number of halogens is 1. The third-order valence-corrected chi connectivity index (χ3v) is 4.10. The van der Waals surface area contributed by atoms with Crippen LogP contribution in [0.5, 0.6) is 0 Å². The summed E-state index contributed by atoms with van der Waals surface area (Å²) in [6.45, 7) is 2.39. The highest BCUT2D eigenvalue weighted by Gasteiger charge is 2.15. The van der Waals surface area contributed by atoms with Crippen molar-refractivity contribution in [2.24, 2.45) is 5.73 Å². The van der Waals surface area contributed by atoms with Crippen molar-refractivity contribution in [3.63, 3.8) is 0 Å². The SMILES string of the molecule is CC[C@@H](O)CSc1nnc(CCN)n1-c1ccc(F)cc1. The number of aliphatic hydroxyl groups is 1. The molecule has 0 spiro atoms. The smallest absolute Gasteiger partial charge is 0.195 e. The predicted molar refractivity (Wildman–Crippen MR) is 81.1 cm³/mol. The Morgan fingerprint density at radius 1 is 1.33 bits per heavy atom. The Balaban J connectivity index is 2.30. The van der Waals surface area contributed by atoms with E-state index in [1.807, 2.05) is 11.5 Å². The Kier molecular flexibility index (Phi) is 5.72. The maximum Gasteiger partial charge on any atom is 0.195 e. The van der Waals surface area contributed by atoms with Gasteiger partial charge in [0.1, 0.15) is 11.6 Å². The molecule has 0 bridgehead atoms. The van der Waals surface area contributed by atoms with Gasteiger partial charge in [-0.15, -0.1) is 10.2 Å². The van der Waals surface area contributed by atoms with Crippen LogP contribution in [-0.2, 0) is 6.42 Å². The van der Waals surface area contributed by atoms with Crippen LogP contribution in [0, 0.1) is 5.82 Å². The predicted octanol–water partition coefficient (Wildman–Crippen LogP) is 1.77. The lowest BCUT2D eigenvalue weighted by atomic mass is 10.3. The van der Waals surface area contributed by atoms with Gasteiger partial charge in [-0.05, 0) is 37.2 Å². The van der Waals surface area contributed by atoms with Gasteiger partial charge in [0.05, 0.1) is 6.10 Å². The normalized spacial score (nSPS) is 12.6. The van der Waals surface area contributed by atoms with Gasteiger partial charge in [0.2, 0.25) is 0 Å². The van der Waals surface area contributed by atoms with Crippen molar-refractivity contribution in [1.29, 1.82) is 0 Å². The summed E-state index contributed by atoms with van der Waals surface area (Å²) in [4.78, 5) is 0. The molecule has 0 aliphatic heterocycles. The molecule has 0 saturated heterocycles. The second-order valence-corrected chi connectivity index (χ2v) is 5.61. The van der Waals surface area contributed by atoms with Gasteiger partial charge in [-0.25, -0.2) is 4.39 Å². The lowest BCUT2D eigenvalue weighted by Crippen LogP contribution is -2.11. The van der Waals surface area contributed by atoms with E-state index in [1.165, 1.54) is 23.9 Å². The number of hydrogen-bond acceptors (Lipinski definition) is 5. The molecule has 5 nitrogen and oxygen atoms in total. The van der Waals surface area contributed by atoms with Crippen LogP contribution in [0.3, 0.4) is 0 Å². The maximum absolute atomic E-state index is 13.1. The molecule has 0 aliphatic carbocycles. The third kappa shape index (κ3) is 4.03. The van der Waals surface area contributed by atoms with E-state index < -0.39 is 0 Å². The van der Waals surface area contributed by atoms with Gasteiger partial charge in [-0.3, -0.25) is 4.57 Å². The molecule has 0 radical (unpaired) electrons. The lowest BCUT2D eigenvalue weighted by Gasteiger charge is -2.11. The fourth-order valence-electron chi connectivity index (χ4n) is 1.82. The summed E-state index contributed by atoms with van der Waals surface area (Å²) >= 11 is 1.43. The average Bonchev–Trinajstić information content (AvgIpc) is 2.89. The summed E-state index contributed by atoms with van der Waals surface area (Å²) in [5.74, 6) is 0.985. The molecule has 21 heavy (non-hydrogen) atoms. The first-order valence-corrected chi connectivity index (χ1v) is 7.85. The number of aliphatic hydroxyl groups excluding tert-OH is 1. The van der Waals surface area contributed by atoms with Gasteiger partial charge < -0.3 is 10.8 Å². The molecule has 0 aliphatic rings. The topological polar surface area (TPSA) is 77.0 Å². The van der Waals surface area contributed by atoms with E-state index in [2.05, 4.69) is 10.2 Å². The Labute approximate surface area is 127 Å². The van der Waals surface area contributed by atoms with E-state index in [4.69, 9.17) is 5.73 Å². The van der Waals surface area contributed by atoms with E-state index >= 15 is 0 Å². The molecule has 2 rings (SSSR count). The van der Waals surface area contributed by atoms with Gasteiger partial charge >= 0.3 is 0 Å². The first-order chi connectivity index (χ1) is 10.2. The van der Waals surface area contributed by atoms with Crippen molar-refractivity contribution in [2.45, 2.75) is 31.0 Å². The molecule has 0 fully saturated rings. The highest BCUT2D eigenvalue weighted by atomic mass is 32.2. The fourth-order valence-corrected chi connectivity index (χ4v) is 2.84. The number of nitrogens with two attached hydrogens (primary N) is 1. The first kappa shape index (κ1) is 15.9. The average molecular weight is 310 g/mol. The molecule has 1 atom stereocenters. The number of rotatable bonds is 7. The van der Waals surface area contributed by atoms with Crippen molar-refractivity contribution in [2.75, 3.05) is 12.3 Å². The van der Waals surface area contributed by atoms with Crippen LogP contribution in [-0.4, -0.2) is 38.3 Å². The fraction of sp³-hybridized carbons (Fsp3) is 0.429. The minimum absolute atomic E-state index is 0.289. The number of nitrogens with zero attached hydrogens (tertiary/aromatic N) is 3. The summed E-state index contributed by atoms with van der Waals surface area (Å²) in [6.07, 6.45) is 0.889. The van der Waals surface area contributed by atoms with Gasteiger partial charge in [0, 0.05) is 17.9 Å². The van der Waals surface area contributed by atoms with E-state index in [0.717, 1.165) is 11.5 Å². The zero-order valence-corrected chi connectivity index (χ0v) is 12.7. The minimum atomic E-state index is -0.383. The van der Waals surface area contributed by atoms with Crippen molar-refractivity contribution >= 4 is 11.8 Å². The molecule has 114 valence electrons. The van der Waals surface area contributed by atoms with Crippen molar-refractivity contribution in [1.82, 2.24) is 14.8 Å². The summed E-state index contributed by atoms with van der Waals surface area (Å²) in [7, 11) is 0. The Hall–Kier alpha value is -1.44. The second kappa shape index (κ2) is 7.53. The molecule has 0 saturated carbocycles. The number of benzene rings is 1. The van der Waals surface area contributed by atoms with E-state index in [0.29, 0.717) is 30.3 Å². The standard InChI is InChI=1S/C14H19FN4OS/c1-2-12(20)9-21-14-18-17-13(7-8-16)19(14)11-5-3-10(15)4-6-11/h3-6,12,20H,2,7-9,16H2,1H3/t12-/m1/s1. The van der Waals surface area contributed by atoms with E-state index in [9.17, 15) is 9.50 Å². The quantitative estimate of drug-likeness (QED) is 0.762. The Bertz CT molecular complexity index is 573. The van der Waals surface area contributed by atoms with Gasteiger partial charge in [-0.2, -0.15) is 0 Å². The molecule has 7 heteroatoms. The van der Waals surface area contributed by atoms with Crippen molar-refractivity contribution < 1.29 is 9.50 Å². The van der Waals surface area contributed by atoms with Crippen LogP contribution in [0.4, 0.5) is 4.39 Å². The van der Waals surface area contributed by atoms with E-state index in [1.54, 1.807) is 12.1 Å². The summed E-state index contributed by atoms with van der Waals surface area (Å²) in [5, 5.41) is 18.7. The minimum Gasteiger partial charge on any atom is -0.392 e. The molecule has 1 aromatic carbocycles. The summed E-state index contributed by atoms with van der Waals surface area (Å²) in [5.41, 5.74) is 6.39. The molecule has 0 amide bonds. The van der Waals surface area contributed by atoms with Gasteiger partial charge in [0.15, 0.2) is 5.16 Å². The zero-order valence-electron chi connectivity index (χ0n) is 11.9. The largest absolute Gasteiger partial charge is 0.392 e. The Morgan fingerprint density at radius 2 is 2.05 bits per heavy atom. The lowest BCUT2D eigenvalue weighted by molar-refractivity contribution is 0.195. The molecule has 3 N–H and O–H groups in total. The van der Waals surface area contributed by atoms with E-state index in [-0.39, 0.29) is 11.9 Å². The third-order valence-electron chi connectivity index (χ3n) is 3.03. The summed E-state index contributed by atoms with van der Waals surface area (Å²) < 4.78 is 14.9. The van der Waals surface area contributed by atoms with Gasteiger partial charge in [0.25, 0.3) is 0 Å². The van der Waals surface area contributed by atoms with Crippen LogP contribution in [0.1, 0.15) is 19.2 Å². The maximum atomic E-state index is 13.1. The van der Waals surface area contributed by atoms with Crippen LogP contribution < -0.4 is 5.73 Å². The zero-order chi connectivity index (χ0) is 15.2. The monoisotopic (exact) mass is 310 g/mol. The van der Waals surface area contributed by atoms with Crippen LogP contribution >= 0.6 is 11.8 Å². The molecular weight excluding hydrogens is 291 g/mol. The molecule has 2 aromatic rings. The summed E-state index contributed by atoms with van der Waals surface area (Å²) in [6, 6.07) is 6.16. The molecule has 0 unspecified atom stereocenters. The van der Waals surface area contributed by atoms with Gasteiger partial charge in [-0.1, -0.05) is 18.7 Å². The number of aromatic nitrogens is 3. The Morgan fingerprint density at radius 3 is 2.67 bits per heavy atom. The number of thioether (sulfide) groups is 1. The number of hydrogen-bond donors (Lipinski definition) is 2. The molecular formula is C14H19FN4OS. The molecule has 1 aromatic heterocycles. The van der Waals surface area contributed by atoms with Crippen LogP contribution in [0.2, 0.25) is 0 Å². The van der Waals surface area contributed by atoms with Crippen molar-refractivity contribution in [3.05, 3.63) is 35.9 Å².